The SMILES string of the molecule is O=c1c2ccccc2nc(SCCN2CCCCC2)n1CCc1ccccn1. The summed E-state index contributed by atoms with van der Waals surface area (Å²) < 4.78 is 1.83. The van der Waals surface area contributed by atoms with Gasteiger partial charge in [-0.1, -0.05) is 36.4 Å². The summed E-state index contributed by atoms with van der Waals surface area (Å²) in [6, 6.07) is 13.5. The van der Waals surface area contributed by atoms with E-state index < -0.39 is 0 Å². The van der Waals surface area contributed by atoms with Crippen LogP contribution in [0.3, 0.4) is 0 Å². The number of thioether (sulfide) groups is 1. The summed E-state index contributed by atoms with van der Waals surface area (Å²) in [6.45, 7) is 4.03. The average Bonchev–Trinajstić information content (AvgIpc) is 2.75. The van der Waals surface area contributed by atoms with Gasteiger partial charge in [0.05, 0.1) is 10.9 Å². The molecule has 2 aromatic heterocycles. The fourth-order valence-corrected chi connectivity index (χ4v) is 4.70. The van der Waals surface area contributed by atoms with Crippen molar-refractivity contribution in [3.05, 3.63) is 64.7 Å². The lowest BCUT2D eigenvalue weighted by Gasteiger charge is -2.26. The molecule has 4 rings (SSSR count). The zero-order chi connectivity index (χ0) is 19.2. The zero-order valence-corrected chi connectivity index (χ0v) is 16.9. The number of likely N-dealkylation sites (tertiary alicyclic amines) is 1. The lowest BCUT2D eigenvalue weighted by molar-refractivity contribution is 0.242. The number of fused-ring (bicyclic) bond motifs is 1. The summed E-state index contributed by atoms with van der Waals surface area (Å²) in [5.41, 5.74) is 1.82. The van der Waals surface area contributed by atoms with E-state index in [0.717, 1.165) is 35.1 Å². The molecule has 1 aliphatic heterocycles. The number of pyridine rings is 1. The van der Waals surface area contributed by atoms with Crippen LogP contribution in [0.1, 0.15) is 25.0 Å². The van der Waals surface area contributed by atoms with E-state index in [1.54, 1.807) is 18.0 Å². The van der Waals surface area contributed by atoms with E-state index in [9.17, 15) is 4.79 Å². The number of nitrogens with zero attached hydrogens (tertiary/aromatic N) is 4. The minimum Gasteiger partial charge on any atom is -0.303 e. The van der Waals surface area contributed by atoms with Gasteiger partial charge in [0, 0.05) is 37.2 Å². The maximum absolute atomic E-state index is 13.1. The van der Waals surface area contributed by atoms with Crippen LogP contribution in [-0.4, -0.2) is 44.8 Å². The second-order valence-corrected chi connectivity index (χ2v) is 8.25. The molecule has 0 saturated carbocycles. The Hall–Kier alpha value is -2.18. The Morgan fingerprint density at radius 3 is 2.61 bits per heavy atom. The van der Waals surface area contributed by atoms with Crippen LogP contribution >= 0.6 is 11.8 Å². The van der Waals surface area contributed by atoms with Gasteiger partial charge in [-0.3, -0.25) is 14.3 Å². The van der Waals surface area contributed by atoms with Gasteiger partial charge in [-0.25, -0.2) is 4.98 Å². The zero-order valence-electron chi connectivity index (χ0n) is 16.1. The van der Waals surface area contributed by atoms with Crippen molar-refractivity contribution in [1.82, 2.24) is 19.4 Å². The molecule has 0 N–H and O–H groups in total. The third-order valence-electron chi connectivity index (χ3n) is 5.23. The van der Waals surface area contributed by atoms with Crippen molar-refractivity contribution in [1.29, 1.82) is 0 Å². The highest BCUT2D eigenvalue weighted by molar-refractivity contribution is 7.99. The predicted molar refractivity (Wildman–Crippen MR) is 115 cm³/mol. The maximum Gasteiger partial charge on any atom is 0.262 e. The molecule has 0 aliphatic carbocycles. The van der Waals surface area contributed by atoms with Crippen LogP contribution in [0.2, 0.25) is 0 Å². The first-order valence-electron chi connectivity index (χ1n) is 10.1. The van der Waals surface area contributed by atoms with Crippen molar-refractivity contribution in [3.63, 3.8) is 0 Å². The summed E-state index contributed by atoms with van der Waals surface area (Å²) >= 11 is 1.69. The minimum atomic E-state index is 0.0435. The summed E-state index contributed by atoms with van der Waals surface area (Å²) in [5.74, 6) is 0.953. The number of hydrogen-bond donors (Lipinski definition) is 0. The van der Waals surface area contributed by atoms with Gasteiger partial charge >= 0.3 is 0 Å². The second-order valence-electron chi connectivity index (χ2n) is 7.19. The Balaban J connectivity index is 1.54. The quantitative estimate of drug-likeness (QED) is 0.453. The van der Waals surface area contributed by atoms with Gasteiger partial charge in [-0.05, 0) is 50.2 Å². The minimum absolute atomic E-state index is 0.0435. The monoisotopic (exact) mass is 394 g/mol. The molecule has 0 unspecified atom stereocenters. The smallest absolute Gasteiger partial charge is 0.262 e. The fourth-order valence-electron chi connectivity index (χ4n) is 3.68. The molecule has 1 fully saturated rings. The van der Waals surface area contributed by atoms with Crippen LogP contribution in [0, 0.1) is 0 Å². The Kier molecular flexibility index (Phi) is 6.39. The molecule has 1 saturated heterocycles. The molecule has 0 amide bonds. The Labute approximate surface area is 169 Å². The summed E-state index contributed by atoms with van der Waals surface area (Å²) in [6.07, 6.45) is 6.47. The van der Waals surface area contributed by atoms with Crippen LogP contribution in [-0.2, 0) is 13.0 Å². The number of para-hydroxylation sites is 1. The molecule has 5 nitrogen and oxygen atoms in total. The van der Waals surface area contributed by atoms with Crippen molar-refractivity contribution in [2.24, 2.45) is 0 Å². The number of rotatable bonds is 7. The molecule has 146 valence electrons. The average molecular weight is 395 g/mol. The number of aromatic nitrogens is 3. The van der Waals surface area contributed by atoms with Crippen molar-refractivity contribution in [3.8, 4) is 0 Å². The van der Waals surface area contributed by atoms with Crippen LogP contribution in [0.25, 0.3) is 10.9 Å². The van der Waals surface area contributed by atoms with Gasteiger partial charge in [-0.15, -0.1) is 0 Å². The van der Waals surface area contributed by atoms with E-state index in [4.69, 9.17) is 4.98 Å². The molecular weight excluding hydrogens is 368 g/mol. The van der Waals surface area contributed by atoms with E-state index in [2.05, 4.69) is 9.88 Å². The normalized spacial score (nSPS) is 15.1. The molecular formula is C22H26N4OS. The van der Waals surface area contributed by atoms with Crippen LogP contribution in [0.5, 0.6) is 0 Å². The molecule has 0 bridgehead atoms. The van der Waals surface area contributed by atoms with Gasteiger partial charge in [0.1, 0.15) is 0 Å². The number of aryl methyl sites for hydroxylation is 1. The summed E-state index contributed by atoms with van der Waals surface area (Å²) in [7, 11) is 0. The lowest BCUT2D eigenvalue weighted by Crippen LogP contribution is -2.32. The first-order valence-corrected chi connectivity index (χ1v) is 11.0. The molecule has 1 aliphatic rings. The van der Waals surface area contributed by atoms with Gasteiger partial charge in [0.25, 0.3) is 5.56 Å². The molecule has 0 radical (unpaired) electrons. The van der Waals surface area contributed by atoms with E-state index in [0.29, 0.717) is 11.9 Å². The van der Waals surface area contributed by atoms with Crippen LogP contribution < -0.4 is 5.56 Å². The Morgan fingerprint density at radius 2 is 1.79 bits per heavy atom. The Morgan fingerprint density at radius 1 is 0.964 bits per heavy atom. The van der Waals surface area contributed by atoms with Crippen molar-refractivity contribution < 1.29 is 0 Å². The number of hydrogen-bond acceptors (Lipinski definition) is 5. The predicted octanol–water partition coefficient (Wildman–Crippen LogP) is 3.61. The third kappa shape index (κ3) is 4.62. The highest BCUT2D eigenvalue weighted by Crippen LogP contribution is 2.19. The van der Waals surface area contributed by atoms with Crippen LogP contribution in [0.4, 0.5) is 0 Å². The molecule has 0 spiro atoms. The molecule has 28 heavy (non-hydrogen) atoms. The topological polar surface area (TPSA) is 51.0 Å². The molecule has 3 heterocycles. The van der Waals surface area contributed by atoms with Crippen molar-refractivity contribution >= 4 is 22.7 Å². The second kappa shape index (κ2) is 9.34. The Bertz CT molecular complexity index is 967. The van der Waals surface area contributed by atoms with Crippen LogP contribution in [0.15, 0.2) is 58.6 Å². The molecule has 1 aromatic carbocycles. The van der Waals surface area contributed by atoms with E-state index in [1.807, 2.05) is 47.0 Å². The maximum atomic E-state index is 13.1. The van der Waals surface area contributed by atoms with Gasteiger partial charge in [0.15, 0.2) is 5.16 Å². The van der Waals surface area contributed by atoms with E-state index in [-0.39, 0.29) is 5.56 Å². The van der Waals surface area contributed by atoms with Gasteiger partial charge < -0.3 is 4.90 Å². The number of benzene rings is 1. The first-order chi connectivity index (χ1) is 13.8. The van der Waals surface area contributed by atoms with E-state index in [1.165, 1.54) is 32.4 Å². The molecule has 6 heteroatoms. The van der Waals surface area contributed by atoms with Crippen molar-refractivity contribution in [2.75, 3.05) is 25.4 Å². The lowest BCUT2D eigenvalue weighted by atomic mass is 10.1. The highest BCUT2D eigenvalue weighted by atomic mass is 32.2. The fraction of sp³-hybridized carbons (Fsp3) is 0.409. The summed E-state index contributed by atoms with van der Waals surface area (Å²) in [4.78, 5) is 24.8. The molecule has 0 atom stereocenters. The first kappa shape index (κ1) is 19.2. The number of piperidine rings is 1. The van der Waals surface area contributed by atoms with Crippen molar-refractivity contribution in [2.45, 2.75) is 37.4 Å². The third-order valence-corrected chi connectivity index (χ3v) is 6.19. The standard InChI is InChI=1S/C22H26N4OS/c27-21-19-9-2-3-10-20(19)24-22(28-17-16-25-13-6-1-7-14-25)26(21)15-11-18-8-4-5-12-23-18/h2-5,8-10,12H,1,6-7,11,13-17H2. The van der Waals surface area contributed by atoms with Gasteiger partial charge in [-0.2, -0.15) is 0 Å². The van der Waals surface area contributed by atoms with Gasteiger partial charge in [0.2, 0.25) is 0 Å². The highest BCUT2D eigenvalue weighted by Gasteiger charge is 2.14. The molecule has 3 aromatic rings. The largest absolute Gasteiger partial charge is 0.303 e. The van der Waals surface area contributed by atoms with E-state index >= 15 is 0 Å². The summed E-state index contributed by atoms with van der Waals surface area (Å²) in [5, 5.41) is 1.50.